The lowest BCUT2D eigenvalue weighted by Crippen LogP contribution is -2.19. The summed E-state index contributed by atoms with van der Waals surface area (Å²) in [6.07, 6.45) is -2.05. The van der Waals surface area contributed by atoms with Gasteiger partial charge in [0.2, 0.25) is 5.91 Å². The smallest absolute Gasteiger partial charge is 0.324 e. The van der Waals surface area contributed by atoms with Crippen molar-refractivity contribution in [2.24, 2.45) is 0 Å². The Morgan fingerprint density at radius 3 is 2.75 bits per heavy atom. The van der Waals surface area contributed by atoms with Crippen molar-refractivity contribution in [3.8, 4) is 5.69 Å². The van der Waals surface area contributed by atoms with E-state index in [1.54, 1.807) is 24.3 Å². The van der Waals surface area contributed by atoms with Crippen molar-refractivity contribution < 1.29 is 18.0 Å². The molecule has 0 aliphatic rings. The van der Waals surface area contributed by atoms with E-state index in [1.165, 1.54) is 11.0 Å². The normalized spacial score (nSPS) is 11.5. The molecule has 11 heteroatoms. The van der Waals surface area contributed by atoms with Gasteiger partial charge in [-0.1, -0.05) is 6.07 Å². The topological polar surface area (TPSA) is 90.5 Å². The van der Waals surface area contributed by atoms with Crippen LogP contribution in [0, 0.1) is 0 Å². The van der Waals surface area contributed by atoms with Crippen LogP contribution in [0.2, 0.25) is 0 Å². The summed E-state index contributed by atoms with van der Waals surface area (Å²) in [4.78, 5) is 11.9. The summed E-state index contributed by atoms with van der Waals surface area (Å²) in [6.45, 7) is -0.342. The Kier molecular flexibility index (Phi) is 3.98. The highest BCUT2D eigenvalue weighted by molar-refractivity contribution is 5.90. The lowest BCUT2D eigenvalue weighted by Gasteiger charge is -2.07. The molecule has 0 saturated carbocycles. The minimum Gasteiger partial charge on any atom is -0.324 e. The fraction of sp³-hybridized carbons (Fsp3) is 0.154. The second-order valence-corrected chi connectivity index (χ2v) is 4.75. The zero-order valence-electron chi connectivity index (χ0n) is 12.0. The minimum absolute atomic E-state index is 0.342. The summed E-state index contributed by atoms with van der Waals surface area (Å²) < 4.78 is 39.7. The summed E-state index contributed by atoms with van der Waals surface area (Å²) in [5, 5.41) is 16.6. The minimum atomic E-state index is -4.54. The fourth-order valence-electron chi connectivity index (χ4n) is 1.95. The van der Waals surface area contributed by atoms with Gasteiger partial charge in [-0.15, -0.1) is 5.10 Å². The third kappa shape index (κ3) is 3.56. The van der Waals surface area contributed by atoms with Gasteiger partial charge in [0.1, 0.15) is 12.9 Å². The lowest BCUT2D eigenvalue weighted by atomic mass is 10.3. The van der Waals surface area contributed by atoms with Gasteiger partial charge in [0.05, 0.1) is 5.69 Å². The van der Waals surface area contributed by atoms with E-state index < -0.39 is 17.8 Å². The Morgan fingerprint density at radius 2 is 2.08 bits per heavy atom. The van der Waals surface area contributed by atoms with E-state index in [2.05, 4.69) is 25.9 Å². The Balaban J connectivity index is 1.67. The molecule has 1 aromatic carbocycles. The van der Waals surface area contributed by atoms with E-state index in [1.807, 2.05) is 0 Å². The van der Waals surface area contributed by atoms with Gasteiger partial charge in [0, 0.05) is 11.9 Å². The van der Waals surface area contributed by atoms with Crippen molar-refractivity contribution in [1.82, 2.24) is 30.0 Å². The molecule has 2 aromatic heterocycles. The van der Waals surface area contributed by atoms with Crippen LogP contribution in [0.3, 0.4) is 0 Å². The number of benzene rings is 1. The molecule has 8 nitrogen and oxygen atoms in total. The molecule has 0 aliphatic carbocycles. The summed E-state index contributed by atoms with van der Waals surface area (Å²) >= 11 is 0. The zero-order chi connectivity index (χ0) is 17.2. The van der Waals surface area contributed by atoms with Crippen LogP contribution in [0.5, 0.6) is 0 Å². The SMILES string of the molecule is O=C(Cn1ccc(C(F)(F)F)n1)Nc1cccc(-n2cnnn2)c1. The number of hydrogen-bond donors (Lipinski definition) is 1. The van der Waals surface area contributed by atoms with Gasteiger partial charge in [-0.3, -0.25) is 9.48 Å². The highest BCUT2D eigenvalue weighted by Crippen LogP contribution is 2.27. The van der Waals surface area contributed by atoms with Gasteiger partial charge >= 0.3 is 6.18 Å². The van der Waals surface area contributed by atoms with Gasteiger partial charge in [-0.2, -0.15) is 18.3 Å². The van der Waals surface area contributed by atoms with Crippen LogP contribution in [-0.4, -0.2) is 35.9 Å². The number of carbonyl (C=O) groups is 1. The first-order chi connectivity index (χ1) is 11.4. The van der Waals surface area contributed by atoms with E-state index in [9.17, 15) is 18.0 Å². The van der Waals surface area contributed by atoms with E-state index >= 15 is 0 Å². The van der Waals surface area contributed by atoms with Gasteiger partial charge in [-0.05, 0) is 34.7 Å². The number of nitrogens with one attached hydrogen (secondary N) is 1. The molecule has 124 valence electrons. The van der Waals surface area contributed by atoms with Crippen molar-refractivity contribution in [3.63, 3.8) is 0 Å². The second kappa shape index (κ2) is 6.10. The summed E-state index contributed by atoms with van der Waals surface area (Å²) in [7, 11) is 0. The van der Waals surface area contributed by atoms with Crippen molar-refractivity contribution in [3.05, 3.63) is 48.5 Å². The van der Waals surface area contributed by atoms with E-state index in [-0.39, 0.29) is 6.54 Å². The number of rotatable bonds is 4. The number of tetrazole rings is 1. The Hall–Kier alpha value is -3.24. The Labute approximate surface area is 132 Å². The maximum atomic E-state index is 12.5. The number of alkyl halides is 3. The average molecular weight is 337 g/mol. The van der Waals surface area contributed by atoms with Crippen molar-refractivity contribution in [2.75, 3.05) is 5.32 Å². The molecule has 0 saturated heterocycles. The van der Waals surface area contributed by atoms with Gasteiger partial charge in [0.15, 0.2) is 5.69 Å². The van der Waals surface area contributed by atoms with E-state index in [0.29, 0.717) is 11.4 Å². The van der Waals surface area contributed by atoms with Crippen LogP contribution in [0.1, 0.15) is 5.69 Å². The Bertz CT molecular complexity index is 841. The molecular weight excluding hydrogens is 327 g/mol. The number of aromatic nitrogens is 6. The first kappa shape index (κ1) is 15.6. The molecule has 3 aromatic rings. The molecule has 0 unspecified atom stereocenters. The molecule has 3 rings (SSSR count). The molecule has 1 N–H and O–H groups in total. The quantitative estimate of drug-likeness (QED) is 0.779. The third-order valence-electron chi connectivity index (χ3n) is 2.98. The second-order valence-electron chi connectivity index (χ2n) is 4.75. The predicted octanol–water partition coefficient (Wildman–Crippen LogP) is 1.52. The molecule has 0 atom stereocenters. The number of amides is 1. The fourth-order valence-corrected chi connectivity index (χ4v) is 1.95. The highest BCUT2D eigenvalue weighted by atomic mass is 19.4. The predicted molar refractivity (Wildman–Crippen MR) is 75.0 cm³/mol. The molecule has 0 fully saturated rings. The van der Waals surface area contributed by atoms with Gasteiger partial charge in [-0.25, -0.2) is 4.68 Å². The van der Waals surface area contributed by atoms with E-state index in [4.69, 9.17) is 0 Å². The van der Waals surface area contributed by atoms with Gasteiger partial charge in [0.25, 0.3) is 0 Å². The molecule has 24 heavy (non-hydrogen) atoms. The first-order valence-electron chi connectivity index (χ1n) is 6.66. The maximum absolute atomic E-state index is 12.5. The Morgan fingerprint density at radius 1 is 1.25 bits per heavy atom. The van der Waals surface area contributed by atoms with Crippen molar-refractivity contribution in [1.29, 1.82) is 0 Å². The van der Waals surface area contributed by atoms with Crippen LogP contribution in [0.25, 0.3) is 5.69 Å². The monoisotopic (exact) mass is 337 g/mol. The van der Waals surface area contributed by atoms with Crippen LogP contribution in [0.4, 0.5) is 18.9 Å². The van der Waals surface area contributed by atoms with Crippen molar-refractivity contribution in [2.45, 2.75) is 12.7 Å². The average Bonchev–Trinajstić information content (AvgIpc) is 3.18. The lowest BCUT2D eigenvalue weighted by molar-refractivity contribution is -0.141. The standard InChI is InChI=1S/C13H10F3N7O/c14-13(15,16)11-4-5-22(19-11)7-12(24)18-9-2-1-3-10(6-9)23-8-17-20-21-23/h1-6,8H,7H2,(H,18,24). The van der Waals surface area contributed by atoms with E-state index in [0.717, 1.165) is 16.9 Å². The molecule has 2 heterocycles. The zero-order valence-corrected chi connectivity index (χ0v) is 12.0. The summed E-state index contributed by atoms with van der Waals surface area (Å²) in [5.41, 5.74) is 0.0310. The maximum Gasteiger partial charge on any atom is 0.435 e. The molecule has 0 bridgehead atoms. The van der Waals surface area contributed by atoms with Crippen LogP contribution in [-0.2, 0) is 17.5 Å². The first-order valence-corrected chi connectivity index (χ1v) is 6.66. The van der Waals surface area contributed by atoms with Crippen molar-refractivity contribution >= 4 is 11.6 Å². The number of halogens is 3. The van der Waals surface area contributed by atoms with Gasteiger partial charge < -0.3 is 5.32 Å². The third-order valence-corrected chi connectivity index (χ3v) is 2.98. The molecule has 0 aliphatic heterocycles. The number of hydrogen-bond acceptors (Lipinski definition) is 5. The van der Waals surface area contributed by atoms with Crippen LogP contribution >= 0.6 is 0 Å². The number of nitrogens with zero attached hydrogens (tertiary/aromatic N) is 6. The highest BCUT2D eigenvalue weighted by Gasteiger charge is 2.33. The number of carbonyl (C=O) groups excluding carboxylic acids is 1. The number of anilines is 1. The summed E-state index contributed by atoms with van der Waals surface area (Å²) in [6, 6.07) is 7.48. The molecular formula is C13H10F3N7O. The molecule has 0 spiro atoms. The molecule has 0 radical (unpaired) electrons. The molecule has 1 amide bonds. The van der Waals surface area contributed by atoms with Crippen LogP contribution in [0.15, 0.2) is 42.9 Å². The largest absolute Gasteiger partial charge is 0.435 e. The summed E-state index contributed by atoms with van der Waals surface area (Å²) in [5.74, 6) is -0.513. The van der Waals surface area contributed by atoms with Crippen LogP contribution < -0.4 is 5.32 Å².